The summed E-state index contributed by atoms with van der Waals surface area (Å²) in [4.78, 5) is 7.63. The predicted molar refractivity (Wildman–Crippen MR) is 59.7 cm³/mol. The highest BCUT2D eigenvalue weighted by atomic mass is 16.5. The van der Waals surface area contributed by atoms with E-state index in [9.17, 15) is 0 Å². The highest BCUT2D eigenvalue weighted by molar-refractivity contribution is 5.10. The van der Waals surface area contributed by atoms with Crippen LogP contribution in [0, 0.1) is 6.33 Å². The van der Waals surface area contributed by atoms with Crippen molar-refractivity contribution in [3.8, 4) is 5.75 Å². The van der Waals surface area contributed by atoms with Crippen molar-refractivity contribution in [2.45, 2.75) is 52.1 Å². The molecule has 1 aromatic rings. The first kappa shape index (κ1) is 12.0. The van der Waals surface area contributed by atoms with Crippen molar-refractivity contribution in [3.63, 3.8) is 0 Å². The van der Waals surface area contributed by atoms with Gasteiger partial charge in [-0.15, -0.1) is 0 Å². The minimum absolute atomic E-state index is 0.306. The molecule has 3 nitrogen and oxygen atoms in total. The van der Waals surface area contributed by atoms with Crippen LogP contribution in [0.2, 0.25) is 0 Å². The molecule has 0 N–H and O–H groups in total. The molecule has 0 amide bonds. The second-order valence-electron chi connectivity index (χ2n) is 3.69. The summed E-state index contributed by atoms with van der Waals surface area (Å²) in [6.07, 6.45) is 11.9. The van der Waals surface area contributed by atoms with Crippen LogP contribution in [-0.2, 0) is 0 Å². The Balaban J connectivity index is 2.43. The van der Waals surface area contributed by atoms with Crippen molar-refractivity contribution >= 4 is 0 Å². The number of rotatable bonds is 7. The Labute approximate surface area is 91.9 Å². The summed E-state index contributed by atoms with van der Waals surface area (Å²) >= 11 is 0. The van der Waals surface area contributed by atoms with Crippen LogP contribution in [0.1, 0.15) is 46.0 Å². The number of hydrogen-bond donors (Lipinski definition) is 0. The molecule has 1 unspecified atom stereocenters. The third kappa shape index (κ3) is 4.77. The molecule has 0 bridgehead atoms. The lowest BCUT2D eigenvalue weighted by atomic mass is 10.1. The fraction of sp³-hybridized carbons (Fsp3) is 0.667. The summed E-state index contributed by atoms with van der Waals surface area (Å²) in [6, 6.07) is 0. The van der Waals surface area contributed by atoms with E-state index in [-0.39, 0.29) is 0 Å². The number of nitrogens with zero attached hydrogens (tertiary/aromatic N) is 2. The molecular formula is C12H19N2O. The maximum absolute atomic E-state index is 5.81. The summed E-state index contributed by atoms with van der Waals surface area (Å²) in [5.74, 6) is 0.753. The van der Waals surface area contributed by atoms with Gasteiger partial charge in [0.15, 0.2) is 12.1 Å². The minimum Gasteiger partial charge on any atom is -0.487 e. The van der Waals surface area contributed by atoms with Crippen LogP contribution < -0.4 is 4.74 Å². The standard InChI is InChI=1S/C12H19N2O/c1-3-5-7-11(6-4-2)15-12-8-13-10-14-9-12/h8-9,11H,3-7H2,1-2H3. The van der Waals surface area contributed by atoms with Crippen LogP contribution in [-0.4, -0.2) is 16.1 Å². The first-order valence-corrected chi connectivity index (χ1v) is 5.71. The third-order valence-corrected chi connectivity index (χ3v) is 2.29. The molecule has 1 rings (SSSR count). The smallest absolute Gasteiger partial charge is 0.197 e. The predicted octanol–water partition coefficient (Wildman–Crippen LogP) is 3.01. The van der Waals surface area contributed by atoms with Crippen LogP contribution in [0.15, 0.2) is 12.4 Å². The van der Waals surface area contributed by atoms with Gasteiger partial charge in [0.05, 0.1) is 18.5 Å². The van der Waals surface area contributed by atoms with Gasteiger partial charge in [0.2, 0.25) is 0 Å². The third-order valence-electron chi connectivity index (χ3n) is 2.29. The Bertz CT molecular complexity index is 251. The van der Waals surface area contributed by atoms with Gasteiger partial charge in [-0.25, -0.2) is 9.97 Å². The highest BCUT2D eigenvalue weighted by Crippen LogP contribution is 2.15. The van der Waals surface area contributed by atoms with Gasteiger partial charge in [0.1, 0.15) is 0 Å². The van der Waals surface area contributed by atoms with Gasteiger partial charge in [-0.2, -0.15) is 0 Å². The molecule has 0 spiro atoms. The molecule has 0 aliphatic heterocycles. The molecule has 0 aliphatic carbocycles. The van der Waals surface area contributed by atoms with Gasteiger partial charge in [0, 0.05) is 0 Å². The van der Waals surface area contributed by atoms with Crippen molar-refractivity contribution in [2.24, 2.45) is 0 Å². The van der Waals surface area contributed by atoms with E-state index in [4.69, 9.17) is 4.74 Å². The molecule has 0 aromatic carbocycles. The topological polar surface area (TPSA) is 35.0 Å². The van der Waals surface area contributed by atoms with E-state index in [2.05, 4.69) is 30.1 Å². The Morgan fingerprint density at radius 1 is 1.20 bits per heavy atom. The van der Waals surface area contributed by atoms with Crippen molar-refractivity contribution in [2.75, 3.05) is 0 Å². The average Bonchev–Trinajstić information content (AvgIpc) is 2.28. The van der Waals surface area contributed by atoms with E-state index in [0.29, 0.717) is 6.10 Å². The Hall–Kier alpha value is -1.12. The molecule has 0 fully saturated rings. The first-order chi connectivity index (χ1) is 7.36. The zero-order chi connectivity index (χ0) is 10.9. The Morgan fingerprint density at radius 2 is 1.93 bits per heavy atom. The van der Waals surface area contributed by atoms with E-state index in [1.165, 1.54) is 12.8 Å². The molecule has 83 valence electrons. The molecular weight excluding hydrogens is 188 g/mol. The zero-order valence-corrected chi connectivity index (χ0v) is 9.57. The average molecular weight is 207 g/mol. The first-order valence-electron chi connectivity index (χ1n) is 5.71. The van der Waals surface area contributed by atoms with E-state index in [1.807, 2.05) is 0 Å². The van der Waals surface area contributed by atoms with Gasteiger partial charge >= 0.3 is 0 Å². The molecule has 15 heavy (non-hydrogen) atoms. The SMILES string of the molecule is CCCCC(CCC)Oc1cn[c]nc1. The van der Waals surface area contributed by atoms with Crippen molar-refractivity contribution < 1.29 is 4.74 Å². The second kappa shape index (κ2) is 7.21. The monoisotopic (exact) mass is 207 g/mol. The second-order valence-corrected chi connectivity index (χ2v) is 3.69. The quantitative estimate of drug-likeness (QED) is 0.689. The van der Waals surface area contributed by atoms with E-state index in [1.54, 1.807) is 12.4 Å². The lowest BCUT2D eigenvalue weighted by molar-refractivity contribution is 0.175. The maximum Gasteiger partial charge on any atom is 0.197 e. The molecule has 1 aromatic heterocycles. The van der Waals surface area contributed by atoms with Crippen LogP contribution in [0.3, 0.4) is 0 Å². The summed E-state index contributed by atoms with van der Waals surface area (Å²) < 4.78 is 5.81. The van der Waals surface area contributed by atoms with Crippen LogP contribution in [0.25, 0.3) is 0 Å². The fourth-order valence-corrected chi connectivity index (χ4v) is 1.52. The summed E-state index contributed by atoms with van der Waals surface area (Å²) in [5, 5.41) is 0. The maximum atomic E-state index is 5.81. The van der Waals surface area contributed by atoms with Crippen molar-refractivity contribution in [3.05, 3.63) is 18.7 Å². The van der Waals surface area contributed by atoms with E-state index in [0.717, 1.165) is 25.0 Å². The number of hydrogen-bond acceptors (Lipinski definition) is 3. The Kier molecular flexibility index (Phi) is 5.74. The van der Waals surface area contributed by atoms with Gasteiger partial charge < -0.3 is 4.74 Å². The van der Waals surface area contributed by atoms with Gasteiger partial charge in [-0.05, 0) is 12.8 Å². The van der Waals surface area contributed by atoms with Crippen LogP contribution in [0.4, 0.5) is 0 Å². The van der Waals surface area contributed by atoms with Gasteiger partial charge in [0.25, 0.3) is 0 Å². The van der Waals surface area contributed by atoms with Crippen LogP contribution >= 0.6 is 0 Å². The molecule has 0 saturated heterocycles. The van der Waals surface area contributed by atoms with E-state index >= 15 is 0 Å². The summed E-state index contributed by atoms with van der Waals surface area (Å²) in [6.45, 7) is 4.38. The summed E-state index contributed by atoms with van der Waals surface area (Å²) in [7, 11) is 0. The Morgan fingerprint density at radius 3 is 2.53 bits per heavy atom. The molecule has 1 radical (unpaired) electrons. The van der Waals surface area contributed by atoms with Gasteiger partial charge in [-0.1, -0.05) is 33.1 Å². The largest absolute Gasteiger partial charge is 0.487 e. The molecule has 3 heteroatoms. The summed E-state index contributed by atoms with van der Waals surface area (Å²) in [5.41, 5.74) is 0. The van der Waals surface area contributed by atoms with Crippen molar-refractivity contribution in [1.29, 1.82) is 0 Å². The molecule has 0 saturated carbocycles. The molecule has 0 aliphatic rings. The minimum atomic E-state index is 0.306. The fourth-order valence-electron chi connectivity index (χ4n) is 1.52. The lowest BCUT2D eigenvalue weighted by Gasteiger charge is -2.17. The normalized spacial score (nSPS) is 12.4. The number of ether oxygens (including phenoxy) is 1. The lowest BCUT2D eigenvalue weighted by Crippen LogP contribution is -2.16. The highest BCUT2D eigenvalue weighted by Gasteiger charge is 2.08. The van der Waals surface area contributed by atoms with E-state index < -0.39 is 0 Å². The number of unbranched alkanes of at least 4 members (excludes halogenated alkanes) is 1. The van der Waals surface area contributed by atoms with Gasteiger partial charge in [-0.3, -0.25) is 0 Å². The number of aromatic nitrogens is 2. The molecule has 1 atom stereocenters. The zero-order valence-electron chi connectivity index (χ0n) is 9.57. The molecule has 1 heterocycles. The van der Waals surface area contributed by atoms with Crippen LogP contribution in [0.5, 0.6) is 5.75 Å². The van der Waals surface area contributed by atoms with Crippen molar-refractivity contribution in [1.82, 2.24) is 9.97 Å².